The van der Waals surface area contributed by atoms with Crippen molar-refractivity contribution in [3.05, 3.63) is 28.8 Å². The summed E-state index contributed by atoms with van der Waals surface area (Å²) in [6, 6.07) is 6.76. The lowest BCUT2D eigenvalue weighted by molar-refractivity contribution is 0.290. The van der Waals surface area contributed by atoms with Crippen molar-refractivity contribution in [3.63, 3.8) is 0 Å². The Morgan fingerprint density at radius 1 is 1.30 bits per heavy atom. The summed E-state index contributed by atoms with van der Waals surface area (Å²) in [5.74, 6) is 0. The summed E-state index contributed by atoms with van der Waals surface area (Å²) >= 11 is 6.46. The van der Waals surface area contributed by atoms with Crippen LogP contribution in [0.4, 0.5) is 5.69 Å². The van der Waals surface area contributed by atoms with Gasteiger partial charge in [0, 0.05) is 19.1 Å². The highest BCUT2D eigenvalue weighted by Gasteiger charge is 2.22. The molecule has 1 aliphatic rings. The smallest absolute Gasteiger partial charge is 0.0642 e. The van der Waals surface area contributed by atoms with Gasteiger partial charge < -0.3 is 15.3 Å². The summed E-state index contributed by atoms with van der Waals surface area (Å²) < 4.78 is 0. The summed E-state index contributed by atoms with van der Waals surface area (Å²) in [4.78, 5) is 2.30. The number of anilines is 1. The molecule has 0 heterocycles. The lowest BCUT2D eigenvalue weighted by Crippen LogP contribution is -2.39. The van der Waals surface area contributed by atoms with Crippen molar-refractivity contribution in [2.45, 2.75) is 44.7 Å². The molecule has 1 aromatic rings. The standard InChI is InChI=1S/C16H25ClN2O/c1-18-12-13-7-8-16(15(17)11-13)19(9-10-20)14-5-3-2-4-6-14/h7-8,11,14,18,20H,2-6,9-10,12H2,1H3. The first-order valence-corrected chi connectivity index (χ1v) is 7.94. The van der Waals surface area contributed by atoms with Crippen molar-refractivity contribution in [2.75, 3.05) is 25.1 Å². The molecule has 0 spiro atoms. The second-order valence-electron chi connectivity index (χ2n) is 5.52. The Morgan fingerprint density at radius 2 is 2.05 bits per heavy atom. The summed E-state index contributed by atoms with van der Waals surface area (Å²) in [6.45, 7) is 1.66. The highest BCUT2D eigenvalue weighted by atomic mass is 35.5. The molecule has 112 valence electrons. The predicted molar refractivity (Wildman–Crippen MR) is 85.5 cm³/mol. The minimum atomic E-state index is 0.172. The number of rotatable bonds is 6. The first kappa shape index (κ1) is 15.6. The van der Waals surface area contributed by atoms with E-state index in [-0.39, 0.29) is 6.61 Å². The van der Waals surface area contributed by atoms with Gasteiger partial charge in [0.25, 0.3) is 0 Å². The van der Waals surface area contributed by atoms with E-state index < -0.39 is 0 Å². The van der Waals surface area contributed by atoms with Crippen LogP contribution in [0.2, 0.25) is 5.02 Å². The molecule has 1 aromatic carbocycles. The van der Waals surface area contributed by atoms with Crippen molar-refractivity contribution in [2.24, 2.45) is 0 Å². The normalized spacial score (nSPS) is 16.4. The molecule has 3 nitrogen and oxygen atoms in total. The largest absolute Gasteiger partial charge is 0.395 e. The maximum absolute atomic E-state index is 9.36. The van der Waals surface area contributed by atoms with E-state index in [2.05, 4.69) is 22.3 Å². The number of nitrogens with one attached hydrogen (secondary N) is 1. The number of nitrogens with zero attached hydrogens (tertiary/aromatic N) is 1. The Balaban J connectivity index is 2.19. The van der Waals surface area contributed by atoms with E-state index in [0.29, 0.717) is 12.6 Å². The molecule has 0 radical (unpaired) electrons. The Morgan fingerprint density at radius 3 is 2.65 bits per heavy atom. The van der Waals surface area contributed by atoms with Gasteiger partial charge in [-0.15, -0.1) is 0 Å². The number of hydrogen-bond acceptors (Lipinski definition) is 3. The van der Waals surface area contributed by atoms with Gasteiger partial charge in [0.05, 0.1) is 17.3 Å². The monoisotopic (exact) mass is 296 g/mol. The summed E-state index contributed by atoms with van der Waals surface area (Å²) in [6.07, 6.45) is 6.30. The minimum Gasteiger partial charge on any atom is -0.395 e. The highest BCUT2D eigenvalue weighted by Crippen LogP contribution is 2.32. The number of hydrogen-bond donors (Lipinski definition) is 2. The summed E-state index contributed by atoms with van der Waals surface area (Å²) in [7, 11) is 1.93. The molecule has 0 amide bonds. The third-order valence-corrected chi connectivity index (χ3v) is 4.36. The van der Waals surface area contributed by atoms with E-state index >= 15 is 0 Å². The van der Waals surface area contributed by atoms with Crippen LogP contribution in [0.3, 0.4) is 0 Å². The van der Waals surface area contributed by atoms with Gasteiger partial charge in [-0.1, -0.05) is 36.9 Å². The first-order valence-electron chi connectivity index (χ1n) is 7.56. The van der Waals surface area contributed by atoms with Crippen molar-refractivity contribution < 1.29 is 5.11 Å². The van der Waals surface area contributed by atoms with E-state index in [1.807, 2.05) is 13.1 Å². The fourth-order valence-electron chi connectivity index (χ4n) is 3.10. The molecule has 2 N–H and O–H groups in total. The van der Waals surface area contributed by atoms with Gasteiger partial charge in [0.1, 0.15) is 0 Å². The predicted octanol–water partition coefficient (Wildman–Crippen LogP) is 3.19. The number of benzene rings is 1. The average Bonchev–Trinajstić information content (AvgIpc) is 2.47. The second-order valence-corrected chi connectivity index (χ2v) is 5.93. The SMILES string of the molecule is CNCc1ccc(N(CCO)C2CCCCC2)c(Cl)c1. The third kappa shape index (κ3) is 3.87. The molecule has 1 saturated carbocycles. The zero-order chi connectivity index (χ0) is 14.4. The molecule has 1 aliphatic carbocycles. The second kappa shape index (κ2) is 7.87. The van der Waals surface area contributed by atoms with E-state index in [4.69, 9.17) is 11.6 Å². The van der Waals surface area contributed by atoms with Crippen molar-refractivity contribution in [1.82, 2.24) is 5.32 Å². The van der Waals surface area contributed by atoms with E-state index in [9.17, 15) is 5.11 Å². The molecule has 0 atom stereocenters. The van der Waals surface area contributed by atoms with Crippen molar-refractivity contribution in [1.29, 1.82) is 0 Å². The van der Waals surface area contributed by atoms with Crippen LogP contribution >= 0.6 is 11.6 Å². The van der Waals surface area contributed by atoms with Crippen LogP contribution in [0.5, 0.6) is 0 Å². The molecular formula is C16H25ClN2O. The van der Waals surface area contributed by atoms with E-state index in [1.165, 1.54) is 37.7 Å². The first-order chi connectivity index (χ1) is 9.76. The minimum absolute atomic E-state index is 0.172. The molecular weight excluding hydrogens is 272 g/mol. The summed E-state index contributed by atoms with van der Waals surface area (Å²) in [5.41, 5.74) is 2.25. The van der Waals surface area contributed by atoms with Gasteiger partial charge in [-0.3, -0.25) is 0 Å². The van der Waals surface area contributed by atoms with Crippen LogP contribution < -0.4 is 10.2 Å². The zero-order valence-electron chi connectivity index (χ0n) is 12.2. The topological polar surface area (TPSA) is 35.5 Å². The molecule has 20 heavy (non-hydrogen) atoms. The van der Waals surface area contributed by atoms with Gasteiger partial charge in [0.15, 0.2) is 0 Å². The average molecular weight is 297 g/mol. The summed E-state index contributed by atoms with van der Waals surface area (Å²) in [5, 5.41) is 13.3. The van der Waals surface area contributed by atoms with Crippen LogP contribution in [0, 0.1) is 0 Å². The maximum Gasteiger partial charge on any atom is 0.0642 e. The lowest BCUT2D eigenvalue weighted by Gasteiger charge is -2.36. The molecule has 2 rings (SSSR count). The van der Waals surface area contributed by atoms with Gasteiger partial charge in [0.2, 0.25) is 0 Å². The van der Waals surface area contributed by atoms with Crippen LogP contribution in [-0.2, 0) is 6.54 Å². The zero-order valence-corrected chi connectivity index (χ0v) is 13.0. The van der Waals surface area contributed by atoms with Crippen molar-refractivity contribution in [3.8, 4) is 0 Å². The molecule has 0 aliphatic heterocycles. The fraction of sp³-hybridized carbons (Fsp3) is 0.625. The fourth-order valence-corrected chi connectivity index (χ4v) is 3.41. The van der Waals surface area contributed by atoms with Gasteiger partial charge in [-0.25, -0.2) is 0 Å². The van der Waals surface area contributed by atoms with Crippen LogP contribution in [0.25, 0.3) is 0 Å². The third-order valence-electron chi connectivity index (χ3n) is 4.06. The van der Waals surface area contributed by atoms with E-state index in [0.717, 1.165) is 17.3 Å². The molecule has 4 heteroatoms. The Labute approximate surface area is 126 Å². The number of aliphatic hydroxyl groups is 1. The van der Waals surface area contributed by atoms with Gasteiger partial charge in [-0.2, -0.15) is 0 Å². The number of halogens is 1. The molecule has 1 fully saturated rings. The Kier molecular flexibility index (Phi) is 6.14. The lowest BCUT2D eigenvalue weighted by atomic mass is 9.93. The molecule has 0 unspecified atom stereocenters. The Hall–Kier alpha value is -0.770. The van der Waals surface area contributed by atoms with Gasteiger partial charge in [-0.05, 0) is 37.6 Å². The molecule has 0 bridgehead atoms. The molecule has 0 saturated heterocycles. The maximum atomic E-state index is 9.36. The number of aliphatic hydroxyl groups excluding tert-OH is 1. The highest BCUT2D eigenvalue weighted by molar-refractivity contribution is 6.33. The van der Waals surface area contributed by atoms with Crippen molar-refractivity contribution >= 4 is 17.3 Å². The van der Waals surface area contributed by atoms with Crippen LogP contribution in [-0.4, -0.2) is 31.3 Å². The van der Waals surface area contributed by atoms with Gasteiger partial charge >= 0.3 is 0 Å². The Bertz CT molecular complexity index is 419. The quantitative estimate of drug-likeness (QED) is 0.846. The van der Waals surface area contributed by atoms with E-state index in [1.54, 1.807) is 0 Å². The van der Waals surface area contributed by atoms with Crippen LogP contribution in [0.15, 0.2) is 18.2 Å². The van der Waals surface area contributed by atoms with Crippen LogP contribution in [0.1, 0.15) is 37.7 Å². The molecule has 0 aromatic heterocycles.